The Morgan fingerprint density at radius 3 is 2.58 bits per heavy atom. The highest BCUT2D eigenvalue weighted by Gasteiger charge is 2.29. The van der Waals surface area contributed by atoms with Crippen molar-refractivity contribution in [3.8, 4) is 5.75 Å². The van der Waals surface area contributed by atoms with Crippen molar-refractivity contribution < 1.29 is 13.9 Å². The van der Waals surface area contributed by atoms with Gasteiger partial charge < -0.3 is 14.1 Å². The second-order valence-electron chi connectivity index (χ2n) is 6.40. The molecule has 2 heterocycles. The quantitative estimate of drug-likeness (QED) is 0.861. The van der Waals surface area contributed by atoms with E-state index in [1.54, 1.807) is 13.2 Å². The Kier molecular flexibility index (Phi) is 4.83. The number of amides is 1. The van der Waals surface area contributed by atoms with E-state index in [9.17, 15) is 4.79 Å². The predicted molar refractivity (Wildman–Crippen MR) is 89.3 cm³/mol. The summed E-state index contributed by atoms with van der Waals surface area (Å²) in [6, 6.07) is 7.34. The highest BCUT2D eigenvalue weighted by atomic mass is 16.5. The van der Waals surface area contributed by atoms with Crippen LogP contribution < -0.4 is 4.74 Å². The minimum Gasteiger partial charge on any atom is -0.496 e. The van der Waals surface area contributed by atoms with Crippen molar-refractivity contribution >= 4 is 5.91 Å². The number of ether oxygens (including phenoxy) is 1. The van der Waals surface area contributed by atoms with E-state index in [2.05, 4.69) is 10.2 Å². The Balaban J connectivity index is 1.65. The summed E-state index contributed by atoms with van der Waals surface area (Å²) in [6.07, 6.45) is 1.67. The van der Waals surface area contributed by atoms with Gasteiger partial charge >= 0.3 is 0 Å². The molecule has 2 aromatic rings. The fraction of sp³-hybridized carbons (Fsp3) is 0.500. The molecule has 0 radical (unpaired) electrons. The minimum atomic E-state index is 0.0132. The van der Waals surface area contributed by atoms with Crippen LogP contribution in [0.3, 0.4) is 0 Å². The van der Waals surface area contributed by atoms with Crippen molar-refractivity contribution in [2.75, 3.05) is 20.2 Å². The number of methoxy groups -OCH3 is 1. The van der Waals surface area contributed by atoms with Crippen LogP contribution in [0.15, 0.2) is 28.7 Å². The van der Waals surface area contributed by atoms with Gasteiger partial charge in [-0.2, -0.15) is 0 Å². The van der Waals surface area contributed by atoms with Crippen molar-refractivity contribution in [1.29, 1.82) is 0 Å². The number of aromatic nitrogens is 2. The van der Waals surface area contributed by atoms with Gasteiger partial charge in [0.05, 0.1) is 12.7 Å². The zero-order chi connectivity index (χ0) is 17.1. The summed E-state index contributed by atoms with van der Waals surface area (Å²) in [6.45, 7) is 5.43. The summed E-state index contributed by atoms with van der Waals surface area (Å²) in [7, 11) is 1.58. The van der Waals surface area contributed by atoms with Crippen LogP contribution in [-0.2, 0) is 0 Å². The van der Waals surface area contributed by atoms with Crippen molar-refractivity contribution in [2.24, 2.45) is 0 Å². The molecule has 1 aliphatic heterocycles. The van der Waals surface area contributed by atoms with E-state index in [4.69, 9.17) is 9.15 Å². The van der Waals surface area contributed by atoms with Gasteiger partial charge in [-0.1, -0.05) is 26.0 Å². The normalized spacial score (nSPS) is 15.8. The van der Waals surface area contributed by atoms with E-state index < -0.39 is 0 Å². The second-order valence-corrected chi connectivity index (χ2v) is 6.40. The van der Waals surface area contributed by atoms with Crippen LogP contribution in [0.4, 0.5) is 0 Å². The van der Waals surface area contributed by atoms with Gasteiger partial charge in [-0.25, -0.2) is 0 Å². The molecular formula is C18H23N3O3. The molecule has 0 N–H and O–H groups in total. The van der Waals surface area contributed by atoms with Crippen LogP contribution in [0.2, 0.25) is 0 Å². The Bertz CT molecular complexity index is 703. The summed E-state index contributed by atoms with van der Waals surface area (Å²) < 4.78 is 11.0. The summed E-state index contributed by atoms with van der Waals surface area (Å²) >= 11 is 0. The van der Waals surface area contributed by atoms with E-state index in [1.807, 2.05) is 36.9 Å². The molecule has 1 amide bonds. The average molecular weight is 329 g/mol. The molecule has 6 heteroatoms. The molecule has 1 aliphatic rings. The number of carbonyl (C=O) groups excluding carboxylic acids is 1. The van der Waals surface area contributed by atoms with Crippen LogP contribution in [0, 0.1) is 0 Å². The largest absolute Gasteiger partial charge is 0.496 e. The Morgan fingerprint density at radius 2 is 1.96 bits per heavy atom. The first-order valence-electron chi connectivity index (χ1n) is 8.35. The molecule has 1 aromatic heterocycles. The maximum atomic E-state index is 12.7. The number of nitrogens with zero attached hydrogens (tertiary/aromatic N) is 3. The van der Waals surface area contributed by atoms with Crippen LogP contribution in [0.5, 0.6) is 5.75 Å². The Hall–Kier alpha value is -2.37. The molecule has 1 fully saturated rings. The molecule has 0 unspecified atom stereocenters. The number of hydrogen-bond donors (Lipinski definition) is 0. The van der Waals surface area contributed by atoms with Crippen molar-refractivity contribution in [3.05, 3.63) is 41.6 Å². The molecule has 24 heavy (non-hydrogen) atoms. The monoisotopic (exact) mass is 329 g/mol. The van der Waals surface area contributed by atoms with Gasteiger partial charge in [0.15, 0.2) is 0 Å². The highest BCUT2D eigenvalue weighted by Crippen LogP contribution is 2.30. The van der Waals surface area contributed by atoms with Crippen LogP contribution in [0.1, 0.15) is 60.7 Å². The number of hydrogen-bond acceptors (Lipinski definition) is 5. The molecule has 1 aromatic carbocycles. The first-order valence-corrected chi connectivity index (χ1v) is 8.35. The zero-order valence-corrected chi connectivity index (χ0v) is 14.4. The SMILES string of the molecule is COc1ccccc1C(=O)N1CCC(c2nnc(C(C)C)o2)CC1. The van der Waals surface area contributed by atoms with E-state index in [-0.39, 0.29) is 17.7 Å². The number of rotatable bonds is 4. The van der Waals surface area contributed by atoms with E-state index in [0.717, 1.165) is 12.8 Å². The lowest BCUT2D eigenvalue weighted by Gasteiger charge is -2.30. The standard InChI is InChI=1S/C18H23N3O3/c1-12(2)16-19-20-17(24-16)13-8-10-21(11-9-13)18(22)14-6-4-5-7-15(14)23-3/h4-7,12-13H,8-11H2,1-3H3. The smallest absolute Gasteiger partial charge is 0.257 e. The topological polar surface area (TPSA) is 68.5 Å². The number of piperidine rings is 1. The van der Waals surface area contributed by atoms with E-state index in [1.165, 1.54) is 0 Å². The number of benzene rings is 1. The summed E-state index contributed by atoms with van der Waals surface area (Å²) in [4.78, 5) is 14.6. The van der Waals surface area contributed by atoms with Crippen molar-refractivity contribution in [2.45, 2.75) is 38.5 Å². The molecule has 0 aliphatic carbocycles. The summed E-state index contributed by atoms with van der Waals surface area (Å²) in [5.74, 6) is 2.47. The highest BCUT2D eigenvalue weighted by molar-refractivity contribution is 5.97. The zero-order valence-electron chi connectivity index (χ0n) is 14.4. The summed E-state index contributed by atoms with van der Waals surface area (Å²) in [5, 5.41) is 8.28. The third-order valence-electron chi connectivity index (χ3n) is 4.42. The number of para-hydroxylation sites is 1. The number of carbonyl (C=O) groups is 1. The summed E-state index contributed by atoms with van der Waals surface area (Å²) in [5.41, 5.74) is 0.610. The van der Waals surface area contributed by atoms with Gasteiger partial charge in [0, 0.05) is 24.9 Å². The maximum absolute atomic E-state index is 12.7. The predicted octanol–water partition coefficient (Wildman–Crippen LogP) is 3.22. The molecule has 0 spiro atoms. The first-order chi connectivity index (χ1) is 11.6. The maximum Gasteiger partial charge on any atom is 0.257 e. The van der Waals surface area contributed by atoms with Gasteiger partial charge in [-0.15, -0.1) is 10.2 Å². The number of likely N-dealkylation sites (tertiary alicyclic amines) is 1. The lowest BCUT2D eigenvalue weighted by atomic mass is 9.96. The minimum absolute atomic E-state index is 0.0132. The van der Waals surface area contributed by atoms with Crippen molar-refractivity contribution in [3.63, 3.8) is 0 Å². The third kappa shape index (κ3) is 3.27. The second kappa shape index (κ2) is 7.03. The first kappa shape index (κ1) is 16.5. The molecule has 0 atom stereocenters. The lowest BCUT2D eigenvalue weighted by Crippen LogP contribution is -2.38. The van der Waals surface area contributed by atoms with Crippen molar-refractivity contribution in [1.82, 2.24) is 15.1 Å². The van der Waals surface area contributed by atoms with Crippen LogP contribution in [-0.4, -0.2) is 41.2 Å². The lowest BCUT2D eigenvalue weighted by molar-refractivity contribution is 0.0702. The fourth-order valence-corrected chi connectivity index (χ4v) is 2.97. The Morgan fingerprint density at radius 1 is 1.25 bits per heavy atom. The van der Waals surface area contributed by atoms with Crippen LogP contribution >= 0.6 is 0 Å². The average Bonchev–Trinajstić information content (AvgIpc) is 3.11. The van der Waals surface area contributed by atoms with E-state index in [0.29, 0.717) is 36.2 Å². The Labute approximate surface area is 141 Å². The molecule has 1 saturated heterocycles. The molecular weight excluding hydrogens is 306 g/mol. The molecule has 128 valence electrons. The van der Waals surface area contributed by atoms with Crippen LogP contribution in [0.25, 0.3) is 0 Å². The van der Waals surface area contributed by atoms with Gasteiger partial charge in [0.25, 0.3) is 5.91 Å². The van der Waals surface area contributed by atoms with Gasteiger partial charge in [0.2, 0.25) is 11.8 Å². The molecule has 0 saturated carbocycles. The van der Waals surface area contributed by atoms with Gasteiger partial charge in [-0.3, -0.25) is 4.79 Å². The molecule has 6 nitrogen and oxygen atoms in total. The third-order valence-corrected chi connectivity index (χ3v) is 4.42. The van der Waals surface area contributed by atoms with Gasteiger partial charge in [0.1, 0.15) is 5.75 Å². The van der Waals surface area contributed by atoms with E-state index >= 15 is 0 Å². The fourth-order valence-electron chi connectivity index (χ4n) is 2.97. The molecule has 3 rings (SSSR count). The van der Waals surface area contributed by atoms with Gasteiger partial charge in [-0.05, 0) is 25.0 Å². The molecule has 0 bridgehead atoms.